The van der Waals surface area contributed by atoms with Gasteiger partial charge in [0.1, 0.15) is 5.82 Å². The summed E-state index contributed by atoms with van der Waals surface area (Å²) in [6.07, 6.45) is 0. The van der Waals surface area contributed by atoms with Crippen molar-refractivity contribution in [3.8, 4) is 5.75 Å². The quantitative estimate of drug-likeness (QED) is 0.445. The molecule has 8 heteroatoms. The molecule has 0 bridgehead atoms. The van der Waals surface area contributed by atoms with E-state index in [1.165, 1.54) is 23.3 Å². The number of aliphatic imine (C=N–C) groups is 1. The van der Waals surface area contributed by atoms with Gasteiger partial charge in [-0.15, -0.1) is 12.4 Å². The second-order valence-electron chi connectivity index (χ2n) is 3.83. The monoisotopic (exact) mass is 289 g/mol. The Balaban J connectivity index is 0.00000324. The fourth-order valence-corrected chi connectivity index (χ4v) is 1.20. The molecule has 0 aliphatic rings. The van der Waals surface area contributed by atoms with Gasteiger partial charge in [-0.1, -0.05) is 6.07 Å². The van der Waals surface area contributed by atoms with Crippen molar-refractivity contribution in [2.75, 3.05) is 0 Å². The highest BCUT2D eigenvalue weighted by Gasteiger charge is 2.16. The smallest absolute Gasteiger partial charge is 0.255 e. The first-order valence-corrected chi connectivity index (χ1v) is 5.31. The van der Waals surface area contributed by atoms with Gasteiger partial charge in [-0.05, 0) is 26.0 Å². The van der Waals surface area contributed by atoms with Gasteiger partial charge >= 0.3 is 0 Å². The van der Waals surface area contributed by atoms with Crippen molar-refractivity contribution >= 4 is 24.3 Å². The van der Waals surface area contributed by atoms with E-state index >= 15 is 0 Å². The lowest BCUT2D eigenvalue weighted by Crippen LogP contribution is -2.40. The molecule has 0 spiro atoms. The molecular weight excluding hydrogens is 273 g/mol. The predicted octanol–water partition coefficient (Wildman–Crippen LogP) is 1.46. The number of halogens is 2. The van der Waals surface area contributed by atoms with E-state index in [0.29, 0.717) is 0 Å². The Hall–Kier alpha value is -2.02. The van der Waals surface area contributed by atoms with E-state index in [2.05, 4.69) is 4.99 Å². The van der Waals surface area contributed by atoms with E-state index in [1.807, 2.05) is 0 Å². The summed E-state index contributed by atoms with van der Waals surface area (Å²) in [5.41, 5.74) is 10.4. The first kappa shape index (κ1) is 17.0. The summed E-state index contributed by atoms with van der Waals surface area (Å²) < 4.78 is 13.0. The van der Waals surface area contributed by atoms with E-state index in [-0.39, 0.29) is 36.1 Å². The van der Waals surface area contributed by atoms with E-state index < -0.39 is 5.82 Å². The zero-order chi connectivity index (χ0) is 13.7. The molecule has 19 heavy (non-hydrogen) atoms. The Kier molecular flexibility index (Phi) is 6.63. The lowest BCUT2D eigenvalue weighted by atomic mass is 10.3. The Bertz CT molecular complexity index is 462. The second-order valence-corrected chi connectivity index (χ2v) is 3.83. The third-order valence-electron chi connectivity index (χ3n) is 1.91. The van der Waals surface area contributed by atoms with Crippen LogP contribution in [-0.2, 0) is 0 Å². The van der Waals surface area contributed by atoms with Crippen LogP contribution in [-0.4, -0.2) is 23.0 Å². The topological polar surface area (TPSA) is 101 Å². The van der Waals surface area contributed by atoms with E-state index in [0.717, 1.165) is 0 Å². The van der Waals surface area contributed by atoms with Crippen molar-refractivity contribution in [2.24, 2.45) is 16.5 Å². The van der Waals surface area contributed by atoms with E-state index in [1.54, 1.807) is 19.9 Å². The number of nitrogens with two attached hydrogens (primary N) is 2. The minimum atomic E-state index is -0.426. The van der Waals surface area contributed by atoms with Gasteiger partial charge in [0, 0.05) is 6.07 Å². The minimum absolute atomic E-state index is 0. The fourth-order valence-electron chi connectivity index (χ4n) is 1.20. The molecule has 0 saturated carbocycles. The fraction of sp³-hybridized carbons (Fsp3) is 0.273. The van der Waals surface area contributed by atoms with Gasteiger partial charge < -0.3 is 16.3 Å². The molecule has 6 nitrogen and oxygen atoms in total. The van der Waals surface area contributed by atoms with Gasteiger partial charge in [0.25, 0.3) is 5.96 Å². The van der Waals surface area contributed by atoms with Crippen molar-refractivity contribution < 1.29 is 9.23 Å². The summed E-state index contributed by atoms with van der Waals surface area (Å²) in [7, 11) is 0. The summed E-state index contributed by atoms with van der Waals surface area (Å²) in [5, 5.41) is 8.84. The molecule has 0 aromatic heterocycles. The Morgan fingerprint density at radius 3 is 2.53 bits per heavy atom. The Morgan fingerprint density at radius 1 is 1.42 bits per heavy atom. The summed E-state index contributed by atoms with van der Waals surface area (Å²) in [5.74, 6) is -0.661. The SMILES string of the molecule is CC(C)N(Oc1cccc(F)c1)C(=N)N=C(N)N.Cl. The molecule has 1 rings (SSSR count). The molecule has 0 fully saturated rings. The first-order valence-electron chi connectivity index (χ1n) is 5.31. The molecule has 0 aliphatic carbocycles. The highest BCUT2D eigenvalue weighted by Crippen LogP contribution is 2.15. The third-order valence-corrected chi connectivity index (χ3v) is 1.91. The van der Waals surface area contributed by atoms with Crippen LogP contribution < -0.4 is 16.3 Å². The molecular formula is C11H17ClFN5O. The third kappa shape index (κ3) is 5.43. The van der Waals surface area contributed by atoms with Crippen LogP contribution in [0.3, 0.4) is 0 Å². The van der Waals surface area contributed by atoms with Crippen LogP contribution in [0.5, 0.6) is 5.75 Å². The standard InChI is InChI=1S/C11H16FN5O.ClH/c1-7(2)17(11(15)16-10(13)14)18-9-5-3-4-8(12)6-9;/h3-7H,1-2H3,(H5,13,14,15,16);1H. The van der Waals surface area contributed by atoms with Crippen molar-refractivity contribution in [3.63, 3.8) is 0 Å². The van der Waals surface area contributed by atoms with Gasteiger partial charge in [-0.3, -0.25) is 5.41 Å². The maximum atomic E-state index is 13.0. The van der Waals surface area contributed by atoms with Crippen LogP contribution >= 0.6 is 12.4 Å². The predicted molar refractivity (Wildman–Crippen MR) is 74.8 cm³/mol. The van der Waals surface area contributed by atoms with Crippen LogP contribution in [0.25, 0.3) is 0 Å². The number of guanidine groups is 2. The average molecular weight is 290 g/mol. The molecule has 5 N–H and O–H groups in total. The number of benzene rings is 1. The molecule has 0 unspecified atom stereocenters. The summed E-state index contributed by atoms with van der Waals surface area (Å²) in [6.45, 7) is 3.58. The van der Waals surface area contributed by atoms with E-state index in [4.69, 9.17) is 21.7 Å². The van der Waals surface area contributed by atoms with E-state index in [9.17, 15) is 4.39 Å². The zero-order valence-electron chi connectivity index (χ0n) is 10.6. The van der Waals surface area contributed by atoms with Gasteiger partial charge in [0.2, 0.25) is 0 Å². The second kappa shape index (κ2) is 7.42. The molecule has 0 amide bonds. The van der Waals surface area contributed by atoms with Gasteiger partial charge in [0.15, 0.2) is 11.7 Å². The van der Waals surface area contributed by atoms with Crippen molar-refractivity contribution in [2.45, 2.75) is 19.9 Å². The zero-order valence-corrected chi connectivity index (χ0v) is 11.4. The molecule has 106 valence electrons. The number of rotatable bonds is 3. The van der Waals surface area contributed by atoms with Crippen LogP contribution in [0.15, 0.2) is 29.3 Å². The lowest BCUT2D eigenvalue weighted by molar-refractivity contribution is -0.0121. The maximum absolute atomic E-state index is 13.0. The highest BCUT2D eigenvalue weighted by atomic mass is 35.5. The maximum Gasteiger partial charge on any atom is 0.255 e. The molecule has 1 aromatic rings. The summed E-state index contributed by atoms with van der Waals surface area (Å²) in [6, 6.07) is 5.39. The molecule has 0 atom stereocenters. The summed E-state index contributed by atoms with van der Waals surface area (Å²) >= 11 is 0. The lowest BCUT2D eigenvalue weighted by Gasteiger charge is -2.25. The highest BCUT2D eigenvalue weighted by molar-refractivity contribution is 5.91. The molecule has 0 heterocycles. The number of hydrogen-bond donors (Lipinski definition) is 3. The Morgan fingerprint density at radius 2 is 2.05 bits per heavy atom. The number of nitrogens with zero attached hydrogens (tertiary/aromatic N) is 2. The van der Waals surface area contributed by atoms with Crippen LogP contribution in [0.4, 0.5) is 4.39 Å². The van der Waals surface area contributed by atoms with Gasteiger partial charge in [-0.25, -0.2) is 4.39 Å². The normalized spacial score (nSPS) is 9.47. The molecule has 0 aliphatic heterocycles. The number of nitrogens with one attached hydrogen (secondary N) is 1. The van der Waals surface area contributed by atoms with Crippen LogP contribution in [0, 0.1) is 11.2 Å². The van der Waals surface area contributed by atoms with Crippen molar-refractivity contribution in [3.05, 3.63) is 30.1 Å². The van der Waals surface area contributed by atoms with Crippen LogP contribution in [0.2, 0.25) is 0 Å². The average Bonchev–Trinajstić information content (AvgIpc) is 2.24. The van der Waals surface area contributed by atoms with Crippen molar-refractivity contribution in [1.29, 1.82) is 5.41 Å². The first-order chi connectivity index (χ1) is 8.40. The van der Waals surface area contributed by atoms with Gasteiger partial charge in [0.05, 0.1) is 6.04 Å². The molecule has 1 aromatic carbocycles. The number of hydroxylamine groups is 2. The Labute approximate surface area is 117 Å². The minimum Gasteiger partial charge on any atom is -0.376 e. The van der Waals surface area contributed by atoms with Crippen molar-refractivity contribution in [1.82, 2.24) is 5.06 Å². The van der Waals surface area contributed by atoms with Crippen LogP contribution in [0.1, 0.15) is 13.8 Å². The van der Waals surface area contributed by atoms with Gasteiger partial charge in [-0.2, -0.15) is 10.1 Å². The number of hydrogen-bond acceptors (Lipinski definition) is 2. The largest absolute Gasteiger partial charge is 0.376 e. The molecule has 0 saturated heterocycles. The summed E-state index contributed by atoms with van der Waals surface area (Å²) in [4.78, 5) is 8.95. The molecule has 0 radical (unpaired) electrons.